The molecule has 0 heterocycles. The molecule has 1 aliphatic rings. The number of alkyl halides is 3. The van der Waals surface area contributed by atoms with Gasteiger partial charge in [-0.2, -0.15) is 13.2 Å². The summed E-state index contributed by atoms with van der Waals surface area (Å²) in [6, 6.07) is 4.06. The third kappa shape index (κ3) is 3.23. The van der Waals surface area contributed by atoms with Gasteiger partial charge in [0.25, 0.3) is 0 Å². The monoisotopic (exact) mass is 337 g/mol. The first-order valence-electron chi connectivity index (χ1n) is 6.17. The van der Waals surface area contributed by atoms with Gasteiger partial charge in [-0.15, -0.1) is 0 Å². The maximum atomic E-state index is 13.1. The molecule has 0 spiro atoms. The fourth-order valence-corrected chi connectivity index (χ4v) is 2.64. The SMILES string of the molecule is OCCN(c1cc(Br)ccc1C(F)(F)F)C1CCC1. The van der Waals surface area contributed by atoms with Crippen molar-refractivity contribution in [2.45, 2.75) is 31.5 Å². The molecule has 1 aliphatic carbocycles. The van der Waals surface area contributed by atoms with Crippen molar-refractivity contribution in [3.8, 4) is 0 Å². The molecule has 0 aliphatic heterocycles. The van der Waals surface area contributed by atoms with Crippen molar-refractivity contribution in [1.82, 2.24) is 0 Å². The zero-order valence-electron chi connectivity index (χ0n) is 10.3. The molecule has 6 heteroatoms. The number of nitrogens with zero attached hydrogens (tertiary/aromatic N) is 1. The van der Waals surface area contributed by atoms with Gasteiger partial charge in [-0.25, -0.2) is 0 Å². The Balaban J connectivity index is 2.41. The Kier molecular flexibility index (Phi) is 4.40. The van der Waals surface area contributed by atoms with Crippen LogP contribution in [0.15, 0.2) is 22.7 Å². The summed E-state index contributed by atoms with van der Waals surface area (Å²) in [5, 5.41) is 9.09. The van der Waals surface area contributed by atoms with Crippen LogP contribution in [-0.2, 0) is 6.18 Å². The lowest BCUT2D eigenvalue weighted by Crippen LogP contribution is -2.42. The van der Waals surface area contributed by atoms with Crippen LogP contribution < -0.4 is 4.90 Å². The average Bonchev–Trinajstić information content (AvgIpc) is 2.24. The highest BCUT2D eigenvalue weighted by Crippen LogP contribution is 2.40. The number of hydrogen-bond donors (Lipinski definition) is 1. The molecule has 0 amide bonds. The molecule has 0 unspecified atom stereocenters. The minimum atomic E-state index is -4.38. The third-order valence-corrected chi connectivity index (χ3v) is 3.92. The van der Waals surface area contributed by atoms with Gasteiger partial charge < -0.3 is 10.0 Å². The van der Waals surface area contributed by atoms with Gasteiger partial charge in [0, 0.05) is 17.1 Å². The van der Waals surface area contributed by atoms with Gasteiger partial charge >= 0.3 is 6.18 Å². The average molecular weight is 338 g/mol. The van der Waals surface area contributed by atoms with E-state index >= 15 is 0 Å². The lowest BCUT2D eigenvalue weighted by Gasteiger charge is -2.40. The second-order valence-electron chi connectivity index (χ2n) is 4.66. The van der Waals surface area contributed by atoms with Crippen molar-refractivity contribution < 1.29 is 18.3 Å². The normalized spacial score (nSPS) is 16.3. The zero-order valence-corrected chi connectivity index (χ0v) is 11.8. The molecule has 0 radical (unpaired) electrons. The molecule has 0 atom stereocenters. The maximum absolute atomic E-state index is 13.1. The van der Waals surface area contributed by atoms with Crippen LogP contribution in [0.3, 0.4) is 0 Å². The van der Waals surface area contributed by atoms with Crippen LogP contribution in [-0.4, -0.2) is 24.3 Å². The van der Waals surface area contributed by atoms with E-state index in [0.29, 0.717) is 4.47 Å². The van der Waals surface area contributed by atoms with Gasteiger partial charge in [0.2, 0.25) is 0 Å². The molecule has 1 aromatic carbocycles. The van der Waals surface area contributed by atoms with E-state index < -0.39 is 11.7 Å². The fraction of sp³-hybridized carbons (Fsp3) is 0.538. The second-order valence-corrected chi connectivity index (χ2v) is 5.58. The Labute approximate surface area is 118 Å². The molecule has 19 heavy (non-hydrogen) atoms. The van der Waals surface area contributed by atoms with E-state index in [2.05, 4.69) is 15.9 Å². The van der Waals surface area contributed by atoms with Crippen molar-refractivity contribution in [3.05, 3.63) is 28.2 Å². The molecule has 0 bridgehead atoms. The largest absolute Gasteiger partial charge is 0.418 e. The van der Waals surface area contributed by atoms with E-state index in [1.54, 1.807) is 4.90 Å². The van der Waals surface area contributed by atoms with E-state index in [4.69, 9.17) is 5.11 Å². The van der Waals surface area contributed by atoms with Gasteiger partial charge in [0.15, 0.2) is 0 Å². The van der Waals surface area contributed by atoms with E-state index in [1.807, 2.05) is 0 Å². The molecule has 1 fully saturated rings. The summed E-state index contributed by atoms with van der Waals surface area (Å²) in [7, 11) is 0. The summed E-state index contributed by atoms with van der Waals surface area (Å²) in [5.41, 5.74) is -0.489. The number of anilines is 1. The van der Waals surface area contributed by atoms with E-state index in [1.165, 1.54) is 12.1 Å². The molecule has 2 nitrogen and oxygen atoms in total. The second kappa shape index (κ2) is 5.71. The third-order valence-electron chi connectivity index (χ3n) is 3.43. The lowest BCUT2D eigenvalue weighted by atomic mass is 9.90. The first kappa shape index (κ1) is 14.7. The van der Waals surface area contributed by atoms with Crippen LogP contribution in [0.25, 0.3) is 0 Å². The first-order valence-corrected chi connectivity index (χ1v) is 6.97. The first-order chi connectivity index (χ1) is 8.93. The van der Waals surface area contributed by atoms with E-state index in [0.717, 1.165) is 25.3 Å². The van der Waals surface area contributed by atoms with Gasteiger partial charge in [0.05, 0.1) is 17.9 Å². The number of hydrogen-bond acceptors (Lipinski definition) is 2. The highest BCUT2D eigenvalue weighted by Gasteiger charge is 2.37. The molecule has 1 saturated carbocycles. The van der Waals surface area contributed by atoms with Crippen molar-refractivity contribution in [2.75, 3.05) is 18.1 Å². The van der Waals surface area contributed by atoms with Crippen molar-refractivity contribution in [1.29, 1.82) is 0 Å². The number of aliphatic hydroxyl groups is 1. The highest BCUT2D eigenvalue weighted by molar-refractivity contribution is 9.10. The Morgan fingerprint density at radius 2 is 2.00 bits per heavy atom. The summed E-state index contributed by atoms with van der Waals surface area (Å²) < 4.78 is 39.8. The molecular weight excluding hydrogens is 323 g/mol. The van der Waals surface area contributed by atoms with Crippen LogP contribution in [0, 0.1) is 0 Å². The minimum absolute atomic E-state index is 0.0996. The van der Waals surface area contributed by atoms with Gasteiger partial charge in [-0.1, -0.05) is 15.9 Å². The van der Waals surface area contributed by atoms with Crippen LogP contribution in [0.4, 0.5) is 18.9 Å². The number of halogens is 4. The molecule has 0 saturated heterocycles. The Hall–Kier alpha value is -0.750. The molecule has 106 valence electrons. The summed E-state index contributed by atoms with van der Waals surface area (Å²) in [5.74, 6) is 0. The summed E-state index contributed by atoms with van der Waals surface area (Å²) in [6.07, 6.45) is -1.59. The highest BCUT2D eigenvalue weighted by atomic mass is 79.9. The van der Waals surface area contributed by atoms with Crippen molar-refractivity contribution >= 4 is 21.6 Å². The van der Waals surface area contributed by atoms with Gasteiger partial charge in [-0.3, -0.25) is 0 Å². The van der Waals surface area contributed by atoms with Crippen LogP contribution in [0.1, 0.15) is 24.8 Å². The van der Waals surface area contributed by atoms with Crippen LogP contribution in [0.2, 0.25) is 0 Å². The standard InChI is InChI=1S/C13H15BrF3NO/c14-9-4-5-11(13(15,16)17)12(8-9)18(6-7-19)10-2-1-3-10/h4-5,8,10,19H,1-3,6-7H2. The maximum Gasteiger partial charge on any atom is 0.418 e. The number of rotatable bonds is 4. The van der Waals surface area contributed by atoms with E-state index in [9.17, 15) is 13.2 Å². The molecule has 0 aromatic heterocycles. The predicted molar refractivity (Wildman–Crippen MR) is 71.2 cm³/mol. The Bertz CT molecular complexity index is 446. The smallest absolute Gasteiger partial charge is 0.395 e. The predicted octanol–water partition coefficient (Wildman–Crippen LogP) is 3.82. The number of benzene rings is 1. The van der Waals surface area contributed by atoms with Crippen LogP contribution >= 0.6 is 15.9 Å². The summed E-state index contributed by atoms with van der Waals surface area (Å²) in [6.45, 7) is 0.0739. The van der Waals surface area contributed by atoms with E-state index in [-0.39, 0.29) is 24.9 Å². The van der Waals surface area contributed by atoms with Gasteiger partial charge in [-0.05, 0) is 37.5 Å². The summed E-state index contributed by atoms with van der Waals surface area (Å²) in [4.78, 5) is 1.68. The molecule has 1 N–H and O–H groups in total. The minimum Gasteiger partial charge on any atom is -0.395 e. The topological polar surface area (TPSA) is 23.5 Å². The molecular formula is C13H15BrF3NO. The van der Waals surface area contributed by atoms with Crippen LogP contribution in [0.5, 0.6) is 0 Å². The zero-order chi connectivity index (χ0) is 14.0. The van der Waals surface area contributed by atoms with Gasteiger partial charge in [0.1, 0.15) is 0 Å². The lowest BCUT2D eigenvalue weighted by molar-refractivity contribution is -0.137. The number of aliphatic hydroxyl groups excluding tert-OH is 1. The quantitative estimate of drug-likeness (QED) is 0.902. The molecule has 2 rings (SSSR count). The summed E-state index contributed by atoms with van der Waals surface area (Å²) >= 11 is 3.22. The fourth-order valence-electron chi connectivity index (χ4n) is 2.29. The van der Waals surface area contributed by atoms with Crippen molar-refractivity contribution in [2.24, 2.45) is 0 Å². The Morgan fingerprint density at radius 1 is 1.32 bits per heavy atom. The molecule has 1 aromatic rings. The van der Waals surface area contributed by atoms with Crippen molar-refractivity contribution in [3.63, 3.8) is 0 Å². The Morgan fingerprint density at radius 3 is 2.47 bits per heavy atom.